The molecule has 1 aromatic carbocycles. The van der Waals surface area contributed by atoms with Gasteiger partial charge in [0.1, 0.15) is 0 Å². The van der Waals surface area contributed by atoms with Crippen LogP contribution in [0.3, 0.4) is 0 Å². The monoisotopic (exact) mass is 309 g/mol. The SMILES string of the molecule is C[n+]1[nH]oc(=O)c1SCC(=O)Nc1ccccc1C(N)=O. The second-order valence-corrected chi connectivity index (χ2v) is 5.06. The van der Waals surface area contributed by atoms with Crippen LogP contribution in [0.25, 0.3) is 0 Å². The Labute approximate surface area is 123 Å². The molecule has 21 heavy (non-hydrogen) atoms. The van der Waals surface area contributed by atoms with Crippen molar-refractivity contribution in [3.63, 3.8) is 0 Å². The lowest BCUT2D eigenvalue weighted by molar-refractivity contribution is -0.772. The second-order valence-electron chi connectivity index (χ2n) is 4.09. The zero-order valence-corrected chi connectivity index (χ0v) is 11.9. The molecule has 0 aliphatic heterocycles. The van der Waals surface area contributed by atoms with Gasteiger partial charge in [-0.05, 0) is 29.2 Å². The fourth-order valence-corrected chi connectivity index (χ4v) is 2.35. The Bertz CT molecular complexity index is 737. The van der Waals surface area contributed by atoms with Crippen molar-refractivity contribution < 1.29 is 18.8 Å². The summed E-state index contributed by atoms with van der Waals surface area (Å²) in [4.78, 5) is 34.4. The Hall–Kier alpha value is -2.55. The Balaban J connectivity index is 2.03. The van der Waals surface area contributed by atoms with Crippen molar-refractivity contribution in [3.8, 4) is 0 Å². The van der Waals surface area contributed by atoms with Crippen LogP contribution in [-0.2, 0) is 11.8 Å². The number of hydrogen-bond acceptors (Lipinski definition) is 5. The van der Waals surface area contributed by atoms with Crippen molar-refractivity contribution in [3.05, 3.63) is 40.2 Å². The van der Waals surface area contributed by atoms with E-state index in [1.807, 2.05) is 0 Å². The summed E-state index contributed by atoms with van der Waals surface area (Å²) in [6.45, 7) is 0. The molecule has 2 amide bonds. The molecule has 110 valence electrons. The molecular formula is C12H13N4O4S+. The van der Waals surface area contributed by atoms with Gasteiger partial charge in [0.05, 0.1) is 17.0 Å². The normalized spacial score (nSPS) is 10.3. The van der Waals surface area contributed by atoms with Gasteiger partial charge in [-0.1, -0.05) is 16.8 Å². The molecule has 0 spiro atoms. The first kappa shape index (κ1) is 14.9. The summed E-state index contributed by atoms with van der Waals surface area (Å²) >= 11 is 1.02. The van der Waals surface area contributed by atoms with E-state index in [4.69, 9.17) is 5.73 Å². The summed E-state index contributed by atoms with van der Waals surface area (Å²) in [6, 6.07) is 6.42. The summed E-state index contributed by atoms with van der Waals surface area (Å²) in [5, 5.41) is 5.20. The van der Waals surface area contributed by atoms with Crippen LogP contribution in [0.2, 0.25) is 0 Å². The van der Waals surface area contributed by atoms with Crippen molar-refractivity contribution >= 4 is 29.3 Å². The van der Waals surface area contributed by atoms with Gasteiger partial charge in [-0.25, -0.2) is 4.79 Å². The summed E-state index contributed by atoms with van der Waals surface area (Å²) in [5.41, 5.74) is 5.24. The van der Waals surface area contributed by atoms with E-state index in [1.165, 1.54) is 10.7 Å². The molecule has 9 heteroatoms. The Morgan fingerprint density at radius 3 is 2.76 bits per heavy atom. The molecule has 2 rings (SSSR count). The van der Waals surface area contributed by atoms with E-state index in [2.05, 4.69) is 15.1 Å². The van der Waals surface area contributed by atoms with Crippen molar-refractivity contribution in [1.29, 1.82) is 0 Å². The lowest BCUT2D eigenvalue weighted by Crippen LogP contribution is -2.34. The predicted molar refractivity (Wildman–Crippen MR) is 74.8 cm³/mol. The van der Waals surface area contributed by atoms with Crippen LogP contribution in [0, 0.1) is 0 Å². The number of primary amides is 1. The van der Waals surface area contributed by atoms with E-state index in [9.17, 15) is 14.4 Å². The van der Waals surface area contributed by atoms with Crippen molar-refractivity contribution in [1.82, 2.24) is 5.27 Å². The zero-order valence-electron chi connectivity index (χ0n) is 11.1. The predicted octanol–water partition coefficient (Wildman–Crippen LogP) is -0.378. The molecule has 8 nitrogen and oxygen atoms in total. The summed E-state index contributed by atoms with van der Waals surface area (Å²) < 4.78 is 5.94. The van der Waals surface area contributed by atoms with Crippen LogP contribution < -0.4 is 21.4 Å². The maximum absolute atomic E-state index is 11.9. The first-order chi connectivity index (χ1) is 9.99. The van der Waals surface area contributed by atoms with E-state index in [1.54, 1.807) is 25.2 Å². The molecule has 0 radical (unpaired) electrons. The van der Waals surface area contributed by atoms with E-state index >= 15 is 0 Å². The molecule has 1 aromatic heterocycles. The number of carbonyl (C=O) groups is 2. The fourth-order valence-electron chi connectivity index (χ4n) is 1.61. The number of hydrogen-bond donors (Lipinski definition) is 3. The molecule has 0 aliphatic rings. The van der Waals surface area contributed by atoms with E-state index in [0.717, 1.165) is 11.8 Å². The quantitative estimate of drug-likeness (QED) is 0.513. The molecule has 0 unspecified atom stereocenters. The highest BCUT2D eigenvalue weighted by molar-refractivity contribution is 7.99. The van der Waals surface area contributed by atoms with Gasteiger partial charge >= 0.3 is 10.7 Å². The van der Waals surface area contributed by atoms with Gasteiger partial charge in [0, 0.05) is 0 Å². The highest BCUT2D eigenvalue weighted by Gasteiger charge is 2.19. The number of para-hydroxylation sites is 1. The zero-order chi connectivity index (χ0) is 15.4. The molecule has 1 heterocycles. The van der Waals surface area contributed by atoms with Crippen LogP contribution in [0.5, 0.6) is 0 Å². The summed E-state index contributed by atoms with van der Waals surface area (Å²) in [6.07, 6.45) is 0. The summed E-state index contributed by atoms with van der Waals surface area (Å²) in [7, 11) is 1.59. The second kappa shape index (κ2) is 6.27. The lowest BCUT2D eigenvalue weighted by atomic mass is 10.1. The van der Waals surface area contributed by atoms with Crippen LogP contribution >= 0.6 is 11.8 Å². The topological polar surface area (TPSA) is 122 Å². The Morgan fingerprint density at radius 2 is 2.14 bits per heavy atom. The van der Waals surface area contributed by atoms with Crippen LogP contribution in [0.15, 0.2) is 38.6 Å². The van der Waals surface area contributed by atoms with Crippen molar-refractivity contribution in [2.24, 2.45) is 12.8 Å². The van der Waals surface area contributed by atoms with E-state index < -0.39 is 11.5 Å². The minimum Gasteiger partial charge on any atom is -0.366 e. The van der Waals surface area contributed by atoms with Gasteiger partial charge in [-0.15, -0.1) is 0 Å². The largest absolute Gasteiger partial charge is 0.441 e. The molecule has 0 bridgehead atoms. The average molecular weight is 309 g/mol. The number of amides is 2. The number of nitrogens with zero attached hydrogens (tertiary/aromatic N) is 1. The number of benzene rings is 1. The molecule has 0 saturated carbocycles. The molecule has 0 atom stereocenters. The Morgan fingerprint density at radius 1 is 1.43 bits per heavy atom. The third-order valence-corrected chi connectivity index (χ3v) is 3.68. The maximum atomic E-state index is 11.9. The van der Waals surface area contributed by atoms with E-state index in [-0.39, 0.29) is 22.2 Å². The molecule has 0 fully saturated rings. The van der Waals surface area contributed by atoms with Gasteiger partial charge in [0.2, 0.25) is 5.91 Å². The number of nitrogens with one attached hydrogen (secondary N) is 2. The van der Waals surface area contributed by atoms with E-state index in [0.29, 0.717) is 5.69 Å². The highest BCUT2D eigenvalue weighted by Crippen LogP contribution is 2.15. The number of anilines is 1. The first-order valence-electron chi connectivity index (χ1n) is 5.88. The van der Waals surface area contributed by atoms with Crippen LogP contribution in [-0.4, -0.2) is 22.8 Å². The molecular weight excluding hydrogens is 296 g/mol. The minimum atomic E-state index is -0.628. The van der Waals surface area contributed by atoms with Gasteiger partial charge in [0.15, 0.2) is 7.05 Å². The highest BCUT2D eigenvalue weighted by atomic mass is 32.2. The average Bonchev–Trinajstić information content (AvgIpc) is 2.76. The number of rotatable bonds is 5. The standard InChI is InChI=1S/C12H12N4O4S/c1-16-11(12(19)20-15-16)21-6-9(17)14-8-5-3-2-4-7(8)10(13)18/h2-5H,6H2,1H3,(H3-,13,14,15,17,18,19)/p+1. The maximum Gasteiger partial charge on any atom is 0.441 e. The number of H-pyrrole nitrogens is 1. The van der Waals surface area contributed by atoms with Crippen molar-refractivity contribution in [2.45, 2.75) is 5.03 Å². The van der Waals surface area contributed by atoms with Gasteiger partial charge in [-0.2, -0.15) is 0 Å². The number of thioether (sulfide) groups is 1. The number of aryl methyl sites for hydroxylation is 1. The minimum absolute atomic E-state index is 0.0104. The number of aromatic amines is 1. The van der Waals surface area contributed by atoms with Crippen molar-refractivity contribution in [2.75, 3.05) is 11.1 Å². The number of aromatic nitrogens is 2. The Kier molecular flexibility index (Phi) is 4.43. The van der Waals surface area contributed by atoms with Gasteiger partial charge in [0.25, 0.3) is 5.91 Å². The van der Waals surface area contributed by atoms with Crippen LogP contribution in [0.1, 0.15) is 10.4 Å². The van der Waals surface area contributed by atoms with Gasteiger partial charge < -0.3 is 11.1 Å². The lowest BCUT2D eigenvalue weighted by Gasteiger charge is -2.07. The molecule has 4 N–H and O–H groups in total. The summed E-state index contributed by atoms with van der Waals surface area (Å²) in [5.74, 6) is -1.01. The molecule has 2 aromatic rings. The number of carbonyl (C=O) groups excluding carboxylic acids is 2. The first-order valence-corrected chi connectivity index (χ1v) is 6.86. The van der Waals surface area contributed by atoms with Gasteiger partial charge in [-0.3, -0.25) is 14.1 Å². The fraction of sp³-hybridized carbons (Fsp3) is 0.167. The molecule has 0 aliphatic carbocycles. The third kappa shape index (κ3) is 3.51. The number of nitrogens with two attached hydrogens (primary N) is 1. The molecule has 0 saturated heterocycles. The van der Waals surface area contributed by atoms with Crippen LogP contribution in [0.4, 0.5) is 5.69 Å². The smallest absolute Gasteiger partial charge is 0.366 e. The third-order valence-electron chi connectivity index (χ3n) is 2.56.